The number of hydrogen-bond acceptors (Lipinski definition) is 4. The predicted octanol–water partition coefficient (Wildman–Crippen LogP) is 3.23. The Balaban J connectivity index is 1.63. The summed E-state index contributed by atoms with van der Waals surface area (Å²) in [6.45, 7) is 5.80. The third kappa shape index (κ3) is 4.12. The third-order valence-corrected chi connectivity index (χ3v) is 4.53. The SMILES string of the molecule is Cc1ccccc1CN(C)C(C)C(=O)Nc1ccc2c(c1)OCCO2. The first-order valence-corrected chi connectivity index (χ1v) is 8.50. The zero-order valence-corrected chi connectivity index (χ0v) is 14.9. The summed E-state index contributed by atoms with van der Waals surface area (Å²) >= 11 is 0. The van der Waals surface area contributed by atoms with Gasteiger partial charge < -0.3 is 14.8 Å². The second-order valence-corrected chi connectivity index (χ2v) is 6.37. The molecule has 1 aliphatic heterocycles. The lowest BCUT2D eigenvalue weighted by Crippen LogP contribution is -2.39. The minimum Gasteiger partial charge on any atom is -0.486 e. The third-order valence-electron chi connectivity index (χ3n) is 4.53. The smallest absolute Gasteiger partial charge is 0.241 e. The van der Waals surface area contributed by atoms with E-state index in [0.29, 0.717) is 30.4 Å². The van der Waals surface area contributed by atoms with Gasteiger partial charge in [0.05, 0.1) is 6.04 Å². The molecule has 0 aliphatic carbocycles. The molecule has 5 heteroatoms. The molecule has 1 N–H and O–H groups in total. The molecule has 0 aromatic heterocycles. The van der Waals surface area contributed by atoms with Gasteiger partial charge in [0.25, 0.3) is 0 Å². The van der Waals surface area contributed by atoms with Crippen molar-refractivity contribution in [2.45, 2.75) is 26.4 Å². The summed E-state index contributed by atoms with van der Waals surface area (Å²) in [4.78, 5) is 14.6. The van der Waals surface area contributed by atoms with Crippen molar-refractivity contribution in [3.63, 3.8) is 0 Å². The highest BCUT2D eigenvalue weighted by Crippen LogP contribution is 2.32. The van der Waals surface area contributed by atoms with Gasteiger partial charge in [0.15, 0.2) is 11.5 Å². The zero-order valence-electron chi connectivity index (χ0n) is 14.9. The van der Waals surface area contributed by atoms with Crippen LogP contribution < -0.4 is 14.8 Å². The van der Waals surface area contributed by atoms with Crippen LogP contribution in [0.2, 0.25) is 0 Å². The van der Waals surface area contributed by atoms with Crippen LogP contribution in [-0.2, 0) is 11.3 Å². The summed E-state index contributed by atoms with van der Waals surface area (Å²) in [7, 11) is 1.96. The van der Waals surface area contributed by atoms with Gasteiger partial charge in [-0.2, -0.15) is 0 Å². The van der Waals surface area contributed by atoms with Crippen LogP contribution in [0.1, 0.15) is 18.1 Å². The van der Waals surface area contributed by atoms with Crippen molar-refractivity contribution in [3.05, 3.63) is 53.6 Å². The molecule has 1 aliphatic rings. The monoisotopic (exact) mass is 340 g/mol. The standard InChI is InChI=1S/C20H24N2O3/c1-14-6-4-5-7-16(14)13-22(3)15(2)20(23)21-17-8-9-18-19(12-17)25-11-10-24-18/h4-9,12,15H,10-11,13H2,1-3H3,(H,21,23). The summed E-state index contributed by atoms with van der Waals surface area (Å²) in [5.74, 6) is 1.34. The molecule has 2 aromatic rings. The topological polar surface area (TPSA) is 50.8 Å². The Morgan fingerprint density at radius 2 is 1.88 bits per heavy atom. The number of carbonyl (C=O) groups is 1. The van der Waals surface area contributed by atoms with Crippen LogP contribution in [0.15, 0.2) is 42.5 Å². The second-order valence-electron chi connectivity index (χ2n) is 6.37. The predicted molar refractivity (Wildman–Crippen MR) is 98.2 cm³/mol. The van der Waals surface area contributed by atoms with E-state index in [2.05, 4.69) is 24.4 Å². The molecule has 1 atom stereocenters. The van der Waals surface area contributed by atoms with E-state index in [4.69, 9.17) is 9.47 Å². The van der Waals surface area contributed by atoms with Gasteiger partial charge >= 0.3 is 0 Å². The van der Waals surface area contributed by atoms with Gasteiger partial charge in [0, 0.05) is 18.3 Å². The first kappa shape index (κ1) is 17.3. The van der Waals surface area contributed by atoms with Gasteiger partial charge in [-0.05, 0) is 44.2 Å². The largest absolute Gasteiger partial charge is 0.486 e. The molecule has 1 unspecified atom stereocenters. The highest BCUT2D eigenvalue weighted by atomic mass is 16.6. The number of carbonyl (C=O) groups excluding carboxylic acids is 1. The van der Waals surface area contributed by atoms with Gasteiger partial charge in [-0.3, -0.25) is 9.69 Å². The number of fused-ring (bicyclic) bond motifs is 1. The number of anilines is 1. The maximum absolute atomic E-state index is 12.6. The van der Waals surface area contributed by atoms with Crippen molar-refractivity contribution in [2.24, 2.45) is 0 Å². The van der Waals surface area contributed by atoms with E-state index in [-0.39, 0.29) is 11.9 Å². The van der Waals surface area contributed by atoms with Crippen molar-refractivity contribution >= 4 is 11.6 Å². The molecule has 132 valence electrons. The van der Waals surface area contributed by atoms with Crippen LogP contribution in [0.5, 0.6) is 11.5 Å². The molecule has 0 radical (unpaired) electrons. The molecule has 1 amide bonds. The number of amides is 1. The average Bonchev–Trinajstić information content (AvgIpc) is 2.62. The minimum atomic E-state index is -0.257. The van der Waals surface area contributed by atoms with E-state index < -0.39 is 0 Å². The van der Waals surface area contributed by atoms with Gasteiger partial charge in [0.2, 0.25) is 5.91 Å². The number of ether oxygens (including phenoxy) is 2. The molecule has 0 saturated carbocycles. The van der Waals surface area contributed by atoms with Crippen molar-refractivity contribution in [2.75, 3.05) is 25.6 Å². The number of nitrogens with one attached hydrogen (secondary N) is 1. The molecule has 0 fully saturated rings. The van der Waals surface area contributed by atoms with Crippen molar-refractivity contribution < 1.29 is 14.3 Å². The van der Waals surface area contributed by atoms with Crippen molar-refractivity contribution in [1.82, 2.24) is 4.90 Å². The molecular weight excluding hydrogens is 316 g/mol. The van der Waals surface area contributed by atoms with Crippen LogP contribution in [0, 0.1) is 6.92 Å². The molecule has 0 spiro atoms. The fourth-order valence-electron chi connectivity index (χ4n) is 2.76. The molecule has 2 aromatic carbocycles. The zero-order chi connectivity index (χ0) is 17.8. The lowest BCUT2D eigenvalue weighted by Gasteiger charge is -2.25. The van der Waals surface area contributed by atoms with Crippen LogP contribution in [0.25, 0.3) is 0 Å². The van der Waals surface area contributed by atoms with Gasteiger partial charge in [-0.15, -0.1) is 0 Å². The van der Waals surface area contributed by atoms with E-state index in [0.717, 1.165) is 6.54 Å². The van der Waals surface area contributed by atoms with Gasteiger partial charge in [-0.1, -0.05) is 24.3 Å². The number of nitrogens with zero attached hydrogens (tertiary/aromatic N) is 1. The quantitative estimate of drug-likeness (QED) is 0.908. The van der Waals surface area contributed by atoms with E-state index in [1.54, 1.807) is 6.07 Å². The number of hydrogen-bond donors (Lipinski definition) is 1. The lowest BCUT2D eigenvalue weighted by atomic mass is 10.1. The van der Waals surface area contributed by atoms with Gasteiger partial charge in [-0.25, -0.2) is 0 Å². The molecule has 3 rings (SSSR count). The van der Waals surface area contributed by atoms with E-state index >= 15 is 0 Å². The number of aryl methyl sites for hydroxylation is 1. The summed E-state index contributed by atoms with van der Waals surface area (Å²) in [6.07, 6.45) is 0. The maximum Gasteiger partial charge on any atom is 0.241 e. The summed E-state index contributed by atoms with van der Waals surface area (Å²) in [6, 6.07) is 13.4. The Bertz CT molecular complexity index is 760. The first-order valence-electron chi connectivity index (χ1n) is 8.50. The maximum atomic E-state index is 12.6. The average molecular weight is 340 g/mol. The fraction of sp³-hybridized carbons (Fsp3) is 0.350. The molecular formula is C20H24N2O3. The minimum absolute atomic E-state index is 0.0484. The van der Waals surface area contributed by atoms with Crippen molar-refractivity contribution in [1.29, 1.82) is 0 Å². The van der Waals surface area contributed by atoms with Crippen molar-refractivity contribution in [3.8, 4) is 11.5 Å². The van der Waals surface area contributed by atoms with E-state index in [1.807, 2.05) is 43.1 Å². The summed E-state index contributed by atoms with van der Waals surface area (Å²) < 4.78 is 11.1. The fourth-order valence-corrected chi connectivity index (χ4v) is 2.76. The summed E-state index contributed by atoms with van der Waals surface area (Å²) in [5, 5.41) is 2.96. The Hall–Kier alpha value is -2.53. The molecule has 0 saturated heterocycles. The van der Waals surface area contributed by atoms with E-state index in [9.17, 15) is 4.79 Å². The Morgan fingerprint density at radius 1 is 1.16 bits per heavy atom. The number of rotatable bonds is 5. The first-order chi connectivity index (χ1) is 12.0. The highest BCUT2D eigenvalue weighted by Gasteiger charge is 2.20. The number of benzene rings is 2. The van der Waals surface area contributed by atoms with E-state index in [1.165, 1.54) is 11.1 Å². The van der Waals surface area contributed by atoms with Crippen LogP contribution in [0.4, 0.5) is 5.69 Å². The molecule has 0 bridgehead atoms. The Morgan fingerprint density at radius 3 is 2.64 bits per heavy atom. The van der Waals surface area contributed by atoms with Gasteiger partial charge in [0.1, 0.15) is 13.2 Å². The lowest BCUT2D eigenvalue weighted by molar-refractivity contribution is -0.120. The Labute approximate surface area is 148 Å². The highest BCUT2D eigenvalue weighted by molar-refractivity contribution is 5.94. The van der Waals surface area contributed by atoms with Crippen LogP contribution in [0.3, 0.4) is 0 Å². The normalized spacial score (nSPS) is 14.2. The Kier molecular flexibility index (Phi) is 5.24. The number of likely N-dealkylation sites (N-methyl/N-ethyl adjacent to an activating group) is 1. The molecule has 5 nitrogen and oxygen atoms in total. The second kappa shape index (κ2) is 7.57. The molecule has 25 heavy (non-hydrogen) atoms. The van der Waals surface area contributed by atoms with Crippen LogP contribution >= 0.6 is 0 Å². The van der Waals surface area contributed by atoms with Crippen LogP contribution in [-0.4, -0.2) is 37.1 Å². The molecule has 1 heterocycles. The summed E-state index contributed by atoms with van der Waals surface area (Å²) in [5.41, 5.74) is 3.17.